The van der Waals surface area contributed by atoms with Crippen LogP contribution in [0.3, 0.4) is 0 Å². The van der Waals surface area contributed by atoms with E-state index in [1.165, 1.54) is 22.3 Å². The first-order valence-electron chi connectivity index (χ1n) is 15.1. The number of aliphatic hydroxyl groups excluding tert-OH is 1. The topological polar surface area (TPSA) is 44.3 Å². The van der Waals surface area contributed by atoms with Gasteiger partial charge in [-0.3, -0.25) is 0 Å². The number of para-hydroxylation sites is 2. The second-order valence-corrected chi connectivity index (χ2v) is 15.5. The number of hydrogen-bond acceptors (Lipinski definition) is 3. The molecule has 4 aromatic carbocycles. The van der Waals surface area contributed by atoms with Crippen LogP contribution in [0.15, 0.2) is 97.1 Å². The smallest absolute Gasteiger partial charge is 0.270 e. The van der Waals surface area contributed by atoms with E-state index in [-0.39, 0.29) is 0 Å². The average Bonchev–Trinajstić information content (AvgIpc) is 2.96. The number of nitrogens with one attached hydrogen (secondary N) is 2. The predicted octanol–water partition coefficient (Wildman–Crippen LogP) is 9.56. The molecule has 4 heteroatoms. The van der Waals surface area contributed by atoms with Gasteiger partial charge in [-0.2, -0.15) is 0 Å². The van der Waals surface area contributed by atoms with Crippen LogP contribution in [0.2, 0.25) is 0 Å². The van der Waals surface area contributed by atoms with Crippen LogP contribution in [-0.4, -0.2) is 11.1 Å². The van der Waals surface area contributed by atoms with Crippen molar-refractivity contribution in [1.29, 1.82) is 0 Å². The lowest BCUT2D eigenvalue weighted by atomic mass is 9.93. The molecule has 41 heavy (non-hydrogen) atoms. The van der Waals surface area contributed by atoms with E-state index in [9.17, 15) is 5.11 Å². The fourth-order valence-corrected chi connectivity index (χ4v) is 9.21. The van der Waals surface area contributed by atoms with Crippen LogP contribution < -0.4 is 21.0 Å². The first-order chi connectivity index (χ1) is 19.6. The molecule has 216 valence electrons. The first kappa shape index (κ1) is 30.8. The van der Waals surface area contributed by atoms with E-state index in [0.29, 0.717) is 23.7 Å². The summed E-state index contributed by atoms with van der Waals surface area (Å²) < 4.78 is 0. The third-order valence-corrected chi connectivity index (χ3v) is 11.7. The number of benzene rings is 4. The Hall–Kier alpha value is -3.13. The Labute approximate surface area is 248 Å². The van der Waals surface area contributed by atoms with Crippen LogP contribution in [0.4, 0.5) is 11.4 Å². The summed E-state index contributed by atoms with van der Waals surface area (Å²) in [6.45, 7) is 17.9. The van der Waals surface area contributed by atoms with Crippen molar-refractivity contribution < 1.29 is 5.11 Å². The van der Waals surface area contributed by atoms with Crippen molar-refractivity contribution in [2.24, 2.45) is 0 Å². The van der Waals surface area contributed by atoms with Crippen molar-refractivity contribution in [3.05, 3.63) is 119 Å². The molecule has 3 N–H and O–H groups in total. The second-order valence-electron chi connectivity index (χ2n) is 12.3. The van der Waals surface area contributed by atoms with Gasteiger partial charge < -0.3 is 10.4 Å². The minimum absolute atomic E-state index is 0.312. The van der Waals surface area contributed by atoms with Gasteiger partial charge >= 0.3 is 0 Å². The van der Waals surface area contributed by atoms with E-state index in [2.05, 4.69) is 163 Å². The summed E-state index contributed by atoms with van der Waals surface area (Å²) in [6, 6.07) is 34.3. The van der Waals surface area contributed by atoms with Crippen molar-refractivity contribution >= 4 is 29.4 Å². The summed E-state index contributed by atoms with van der Waals surface area (Å²) in [6.07, 6.45) is 0. The molecule has 0 aliphatic heterocycles. The Morgan fingerprint density at radius 3 is 1.15 bits per heavy atom. The zero-order chi connectivity index (χ0) is 29.7. The number of aliphatic hydroxyl groups is 1. The minimum atomic E-state index is -2.72. The van der Waals surface area contributed by atoms with E-state index in [0.717, 1.165) is 22.0 Å². The molecule has 0 saturated carbocycles. The zero-order valence-corrected chi connectivity index (χ0v) is 26.9. The Morgan fingerprint density at radius 2 is 0.805 bits per heavy atom. The number of hydrogen-bond donors (Lipinski definition) is 3. The van der Waals surface area contributed by atoms with Gasteiger partial charge in [0.25, 0.3) is 5.97 Å². The van der Waals surface area contributed by atoms with E-state index < -0.39 is 13.4 Å². The molecule has 0 fully saturated rings. The molecule has 0 aliphatic rings. The van der Waals surface area contributed by atoms with Gasteiger partial charge in [0.2, 0.25) is 7.41 Å². The fourth-order valence-electron chi connectivity index (χ4n) is 5.75. The maximum Gasteiger partial charge on any atom is 0.270 e. The Balaban J connectivity index is 2.03. The van der Waals surface area contributed by atoms with Gasteiger partial charge in [0, 0.05) is 5.69 Å². The Kier molecular flexibility index (Phi) is 9.95. The summed E-state index contributed by atoms with van der Waals surface area (Å²) in [5.41, 5.74) is 7.17. The monoisotopic (exact) mass is 567 g/mol. The zero-order valence-electron chi connectivity index (χ0n) is 26.0. The third kappa shape index (κ3) is 6.37. The first-order valence-corrected chi connectivity index (χ1v) is 16.9. The van der Waals surface area contributed by atoms with Crippen molar-refractivity contribution in [3.63, 3.8) is 0 Å². The van der Waals surface area contributed by atoms with Gasteiger partial charge in [-0.15, -0.1) is 0 Å². The van der Waals surface area contributed by atoms with Crippen LogP contribution in [0, 0.1) is 0 Å². The molecule has 0 bridgehead atoms. The molecular weight excluding hydrogens is 519 g/mol. The molecule has 0 radical (unpaired) electrons. The summed E-state index contributed by atoms with van der Waals surface area (Å²) >= 11 is 0. The van der Waals surface area contributed by atoms with Crippen LogP contribution in [0.25, 0.3) is 0 Å². The lowest BCUT2D eigenvalue weighted by Crippen LogP contribution is -2.41. The minimum Gasteiger partial charge on any atom is -0.340 e. The summed E-state index contributed by atoms with van der Waals surface area (Å²) in [4.78, 5) is 0. The van der Waals surface area contributed by atoms with E-state index >= 15 is 0 Å². The molecule has 0 heterocycles. The molecule has 0 amide bonds. The molecule has 0 aliphatic carbocycles. The normalized spacial score (nSPS) is 12.8. The average molecular weight is 568 g/mol. The molecular formula is C37H48N2OP+. The van der Waals surface area contributed by atoms with Crippen molar-refractivity contribution in [2.75, 3.05) is 10.4 Å². The predicted molar refractivity (Wildman–Crippen MR) is 182 cm³/mol. The molecule has 0 spiro atoms. The highest BCUT2D eigenvalue weighted by molar-refractivity contribution is 7.91. The van der Waals surface area contributed by atoms with Crippen LogP contribution in [-0.2, 0) is 0 Å². The van der Waals surface area contributed by atoms with E-state index in [4.69, 9.17) is 0 Å². The van der Waals surface area contributed by atoms with Crippen LogP contribution in [0.1, 0.15) is 101 Å². The lowest BCUT2D eigenvalue weighted by Gasteiger charge is -2.35. The standard InChI is InChI=1S/C37H48N2OP/c1-25(2)31-21-15-22-32(26(3)4)35(31)38-37(40)41(29-17-11-9-12-18-29,30-19-13-10-14-20-30)39-36-33(27(5)6)23-16-24-34(36)28(7)8/h9-28,37-40H,1-8H3/q+1. The summed E-state index contributed by atoms with van der Waals surface area (Å²) in [7, 11) is -2.72. The molecule has 3 nitrogen and oxygen atoms in total. The maximum atomic E-state index is 12.7. The highest BCUT2D eigenvalue weighted by Gasteiger charge is 2.52. The number of rotatable bonds is 11. The molecule has 4 aromatic rings. The largest absolute Gasteiger partial charge is 0.340 e. The van der Waals surface area contributed by atoms with E-state index in [1.54, 1.807) is 0 Å². The van der Waals surface area contributed by atoms with Gasteiger partial charge in [0.05, 0.1) is 5.69 Å². The maximum absolute atomic E-state index is 12.7. The van der Waals surface area contributed by atoms with Crippen molar-refractivity contribution in [1.82, 2.24) is 0 Å². The second kappa shape index (κ2) is 13.2. The van der Waals surface area contributed by atoms with Crippen molar-refractivity contribution in [2.45, 2.75) is 85.0 Å². The Morgan fingerprint density at radius 1 is 0.463 bits per heavy atom. The molecule has 0 saturated heterocycles. The number of anilines is 2. The highest BCUT2D eigenvalue weighted by atomic mass is 31.2. The van der Waals surface area contributed by atoms with Gasteiger partial charge in [-0.1, -0.05) is 128 Å². The SMILES string of the molecule is CC(C)c1cccc(C(C)C)c1NC(O)[P+](Nc1c(C(C)C)cccc1C(C)C)(c1ccccc1)c1ccccc1. The fraction of sp³-hybridized carbons (Fsp3) is 0.351. The lowest BCUT2D eigenvalue weighted by molar-refractivity contribution is 0.284. The van der Waals surface area contributed by atoms with Gasteiger partial charge in [0.1, 0.15) is 10.6 Å². The molecule has 1 atom stereocenters. The summed E-state index contributed by atoms with van der Waals surface area (Å²) in [5, 5.41) is 22.8. The van der Waals surface area contributed by atoms with Gasteiger partial charge in [0.15, 0.2) is 0 Å². The third-order valence-electron chi connectivity index (χ3n) is 8.00. The highest BCUT2D eigenvalue weighted by Crippen LogP contribution is 2.61. The Bertz CT molecular complexity index is 1320. The van der Waals surface area contributed by atoms with Crippen LogP contribution >= 0.6 is 7.41 Å². The van der Waals surface area contributed by atoms with Gasteiger partial charge in [-0.05, 0) is 70.2 Å². The summed E-state index contributed by atoms with van der Waals surface area (Å²) in [5.74, 6) is 0.386. The molecule has 4 rings (SSSR count). The molecule has 0 aromatic heterocycles. The quantitative estimate of drug-likeness (QED) is 0.125. The van der Waals surface area contributed by atoms with Crippen molar-refractivity contribution in [3.8, 4) is 0 Å². The molecule has 1 unspecified atom stereocenters. The van der Waals surface area contributed by atoms with Crippen LogP contribution in [0.5, 0.6) is 0 Å². The van der Waals surface area contributed by atoms with Gasteiger partial charge in [-0.25, -0.2) is 5.09 Å². The van der Waals surface area contributed by atoms with E-state index in [1.807, 2.05) is 0 Å².